The molecule has 1 unspecified atom stereocenters. The van der Waals surface area contributed by atoms with E-state index in [4.69, 9.17) is 5.11 Å². The van der Waals surface area contributed by atoms with E-state index >= 15 is 0 Å². The molecule has 0 saturated heterocycles. The molecule has 0 fully saturated rings. The second kappa shape index (κ2) is 4.93. The molecule has 0 bridgehead atoms. The zero-order valence-electron chi connectivity index (χ0n) is 9.27. The Kier molecular flexibility index (Phi) is 3.85. The third-order valence-electron chi connectivity index (χ3n) is 1.98. The maximum absolute atomic E-state index is 10.9. The van der Waals surface area contributed by atoms with E-state index in [2.05, 4.69) is 10.4 Å². The van der Waals surface area contributed by atoms with Gasteiger partial charge in [0, 0.05) is 12.2 Å². The highest BCUT2D eigenvalue weighted by Crippen LogP contribution is 1.97. The molecule has 1 aromatic heterocycles. The summed E-state index contributed by atoms with van der Waals surface area (Å²) >= 11 is 0. The quantitative estimate of drug-likeness (QED) is 0.750. The first-order chi connectivity index (χ1) is 6.99. The smallest absolute Gasteiger partial charge is 0.322 e. The molecule has 0 amide bonds. The molecule has 0 spiro atoms. The minimum atomic E-state index is -0.850. The molecule has 5 heteroatoms. The normalized spacial score (nSPS) is 13.1. The van der Waals surface area contributed by atoms with Crippen molar-refractivity contribution in [3.8, 4) is 0 Å². The summed E-state index contributed by atoms with van der Waals surface area (Å²) < 4.78 is 1.64. The Morgan fingerprint density at radius 1 is 1.67 bits per heavy atom. The van der Waals surface area contributed by atoms with E-state index in [1.54, 1.807) is 10.9 Å². The number of aliphatic carboxylic acids is 1. The molecule has 0 aromatic carbocycles. The molecule has 0 aliphatic rings. The second-order valence-electron chi connectivity index (χ2n) is 3.89. The zero-order chi connectivity index (χ0) is 11.4. The minimum absolute atomic E-state index is 0.141. The minimum Gasteiger partial charge on any atom is -0.480 e. The van der Waals surface area contributed by atoms with Gasteiger partial charge in [0.2, 0.25) is 0 Å². The molecule has 1 rings (SSSR count). The number of carbonyl (C=O) groups is 1. The number of carboxylic acid groups (broad SMARTS) is 1. The molecule has 1 heterocycles. The van der Waals surface area contributed by atoms with Crippen molar-refractivity contribution in [3.63, 3.8) is 0 Å². The van der Waals surface area contributed by atoms with Gasteiger partial charge in [-0.2, -0.15) is 5.10 Å². The summed E-state index contributed by atoms with van der Waals surface area (Å²) in [5, 5.41) is 16.1. The number of nitrogens with zero attached hydrogens (tertiary/aromatic N) is 2. The van der Waals surface area contributed by atoms with Gasteiger partial charge in [-0.3, -0.25) is 9.48 Å². The van der Waals surface area contributed by atoms with Crippen LogP contribution in [0.3, 0.4) is 0 Å². The van der Waals surface area contributed by atoms with Crippen molar-refractivity contribution < 1.29 is 9.90 Å². The van der Waals surface area contributed by atoms with E-state index in [0.29, 0.717) is 6.54 Å². The van der Waals surface area contributed by atoms with Crippen molar-refractivity contribution in [2.24, 2.45) is 0 Å². The predicted molar refractivity (Wildman–Crippen MR) is 56.7 cm³/mol. The molecule has 0 saturated carbocycles. The molecule has 5 nitrogen and oxygen atoms in total. The van der Waals surface area contributed by atoms with Gasteiger partial charge in [-0.25, -0.2) is 0 Å². The van der Waals surface area contributed by atoms with Crippen molar-refractivity contribution in [2.75, 3.05) is 0 Å². The van der Waals surface area contributed by atoms with Crippen LogP contribution in [-0.2, 0) is 11.3 Å². The van der Waals surface area contributed by atoms with Crippen LogP contribution >= 0.6 is 0 Å². The number of nitrogens with one attached hydrogen (secondary N) is 1. The monoisotopic (exact) mass is 211 g/mol. The molecule has 1 atom stereocenters. The van der Waals surface area contributed by atoms with Gasteiger partial charge in [-0.15, -0.1) is 0 Å². The van der Waals surface area contributed by atoms with Gasteiger partial charge in [0.15, 0.2) is 0 Å². The Balaban J connectivity index is 2.62. The first-order valence-electron chi connectivity index (χ1n) is 4.98. The van der Waals surface area contributed by atoms with Crippen molar-refractivity contribution in [1.82, 2.24) is 15.1 Å². The van der Waals surface area contributed by atoms with Crippen LogP contribution in [0, 0.1) is 6.92 Å². The standard InChI is InChI=1S/C10H17N3O2/c1-7(2)11-9(10(14)15)6-13-5-4-8(3)12-13/h4-5,7,9,11H,6H2,1-3H3,(H,14,15). The fourth-order valence-corrected chi connectivity index (χ4v) is 1.36. The van der Waals surface area contributed by atoms with Crippen LogP contribution in [0.1, 0.15) is 19.5 Å². The highest BCUT2D eigenvalue weighted by molar-refractivity contribution is 5.73. The maximum atomic E-state index is 10.9. The Bertz CT molecular complexity index is 333. The van der Waals surface area contributed by atoms with Crippen LogP contribution in [0.15, 0.2) is 12.3 Å². The van der Waals surface area contributed by atoms with Gasteiger partial charge in [0.25, 0.3) is 0 Å². The van der Waals surface area contributed by atoms with Crippen LogP contribution in [0.2, 0.25) is 0 Å². The first-order valence-corrected chi connectivity index (χ1v) is 4.98. The molecule has 2 N–H and O–H groups in total. The highest BCUT2D eigenvalue weighted by atomic mass is 16.4. The topological polar surface area (TPSA) is 67.2 Å². The summed E-state index contributed by atoms with van der Waals surface area (Å²) in [6, 6.07) is 1.40. The van der Waals surface area contributed by atoms with Crippen LogP contribution in [0.4, 0.5) is 0 Å². The third-order valence-corrected chi connectivity index (χ3v) is 1.98. The van der Waals surface area contributed by atoms with Gasteiger partial charge < -0.3 is 10.4 Å². The lowest BCUT2D eigenvalue weighted by Gasteiger charge is -2.17. The van der Waals surface area contributed by atoms with Gasteiger partial charge in [0.05, 0.1) is 12.2 Å². The summed E-state index contributed by atoms with van der Waals surface area (Å²) in [5.74, 6) is -0.850. The van der Waals surface area contributed by atoms with Crippen molar-refractivity contribution in [3.05, 3.63) is 18.0 Å². The zero-order valence-corrected chi connectivity index (χ0v) is 9.27. The van der Waals surface area contributed by atoms with E-state index < -0.39 is 12.0 Å². The van der Waals surface area contributed by atoms with Crippen molar-refractivity contribution >= 4 is 5.97 Å². The largest absolute Gasteiger partial charge is 0.480 e. The number of hydrogen-bond donors (Lipinski definition) is 2. The van der Waals surface area contributed by atoms with Gasteiger partial charge in [-0.1, -0.05) is 13.8 Å². The summed E-state index contributed by atoms with van der Waals surface area (Å²) in [6.45, 7) is 6.07. The van der Waals surface area contributed by atoms with Crippen molar-refractivity contribution in [1.29, 1.82) is 0 Å². The van der Waals surface area contributed by atoms with Crippen LogP contribution in [-0.4, -0.2) is 32.9 Å². The van der Waals surface area contributed by atoms with Crippen LogP contribution in [0.25, 0.3) is 0 Å². The highest BCUT2D eigenvalue weighted by Gasteiger charge is 2.18. The molecule has 84 valence electrons. The Hall–Kier alpha value is -1.36. The van der Waals surface area contributed by atoms with E-state index in [9.17, 15) is 4.79 Å². The van der Waals surface area contributed by atoms with Crippen LogP contribution < -0.4 is 5.32 Å². The molecule has 15 heavy (non-hydrogen) atoms. The average molecular weight is 211 g/mol. The summed E-state index contributed by atoms with van der Waals surface area (Å²) in [4.78, 5) is 10.9. The van der Waals surface area contributed by atoms with Crippen molar-refractivity contribution in [2.45, 2.75) is 39.4 Å². The van der Waals surface area contributed by atoms with Crippen LogP contribution in [0.5, 0.6) is 0 Å². The number of carboxylic acids is 1. The second-order valence-corrected chi connectivity index (χ2v) is 3.89. The SMILES string of the molecule is Cc1ccn(CC(NC(C)C)C(=O)O)n1. The first kappa shape index (κ1) is 11.7. The molecule has 0 radical (unpaired) electrons. The molecule has 0 aliphatic carbocycles. The Morgan fingerprint density at radius 2 is 2.33 bits per heavy atom. The van der Waals surface area contributed by atoms with E-state index in [-0.39, 0.29) is 6.04 Å². The lowest BCUT2D eigenvalue weighted by molar-refractivity contribution is -0.140. The number of rotatable bonds is 5. The average Bonchev–Trinajstić information content (AvgIpc) is 2.49. The van der Waals surface area contributed by atoms with E-state index in [1.165, 1.54) is 0 Å². The predicted octanol–water partition coefficient (Wildman–Crippen LogP) is 0.643. The fraction of sp³-hybridized carbons (Fsp3) is 0.600. The van der Waals surface area contributed by atoms with Gasteiger partial charge in [0.1, 0.15) is 6.04 Å². The van der Waals surface area contributed by atoms with Gasteiger partial charge in [-0.05, 0) is 13.0 Å². The lowest BCUT2D eigenvalue weighted by Crippen LogP contribution is -2.43. The summed E-state index contributed by atoms with van der Waals surface area (Å²) in [5.41, 5.74) is 0.892. The van der Waals surface area contributed by atoms with Gasteiger partial charge >= 0.3 is 5.97 Å². The number of hydrogen-bond acceptors (Lipinski definition) is 3. The Morgan fingerprint density at radius 3 is 2.73 bits per heavy atom. The molecular weight excluding hydrogens is 194 g/mol. The fourth-order valence-electron chi connectivity index (χ4n) is 1.36. The van der Waals surface area contributed by atoms with E-state index in [0.717, 1.165) is 5.69 Å². The summed E-state index contributed by atoms with van der Waals surface area (Å²) in [7, 11) is 0. The number of aromatic nitrogens is 2. The lowest BCUT2D eigenvalue weighted by atomic mass is 10.2. The molecule has 1 aromatic rings. The third kappa shape index (κ3) is 3.71. The maximum Gasteiger partial charge on any atom is 0.322 e. The molecular formula is C10H17N3O2. The summed E-state index contributed by atoms with van der Waals surface area (Å²) in [6.07, 6.45) is 1.78. The molecule has 0 aliphatic heterocycles. The Labute approximate surface area is 89.1 Å². The van der Waals surface area contributed by atoms with E-state index in [1.807, 2.05) is 26.8 Å². The number of aryl methyl sites for hydroxylation is 1.